The number of rotatable bonds is 2. The highest BCUT2D eigenvalue weighted by Crippen LogP contribution is 2.60. The van der Waals surface area contributed by atoms with Crippen LogP contribution in [0.15, 0.2) is 47.9 Å². The Labute approximate surface area is 158 Å². The summed E-state index contributed by atoms with van der Waals surface area (Å²) >= 11 is 0. The van der Waals surface area contributed by atoms with Crippen molar-refractivity contribution in [3.05, 3.63) is 58.0 Å². The van der Waals surface area contributed by atoms with Gasteiger partial charge in [-0.3, -0.25) is 19.7 Å². The van der Waals surface area contributed by atoms with E-state index in [1.54, 1.807) is 24.3 Å². The van der Waals surface area contributed by atoms with Gasteiger partial charge in [0, 0.05) is 17.0 Å². The maximum atomic E-state index is 13.2. The lowest BCUT2D eigenvalue weighted by Crippen LogP contribution is -2.33. The lowest BCUT2D eigenvalue weighted by atomic mass is 9.81. The summed E-state index contributed by atoms with van der Waals surface area (Å²) in [4.78, 5) is 38.4. The Kier molecular flexibility index (Phi) is 3.31. The predicted molar refractivity (Wildman–Crippen MR) is 98.6 cm³/mol. The van der Waals surface area contributed by atoms with Crippen molar-refractivity contribution in [3.8, 4) is 0 Å². The van der Waals surface area contributed by atoms with Crippen LogP contribution in [0.2, 0.25) is 0 Å². The maximum Gasteiger partial charge on any atom is 0.277 e. The number of hydrogen-bond acceptors (Lipinski definition) is 6. The first-order chi connectivity index (χ1) is 13.4. The first-order valence-corrected chi connectivity index (χ1v) is 9.07. The monoisotopic (exact) mass is 380 g/mol. The topological polar surface area (TPSA) is 121 Å². The van der Waals surface area contributed by atoms with E-state index in [2.05, 4.69) is 0 Å². The Bertz CT molecular complexity index is 1070. The van der Waals surface area contributed by atoms with Gasteiger partial charge < -0.3 is 10.2 Å². The summed E-state index contributed by atoms with van der Waals surface area (Å²) in [7, 11) is 0. The van der Waals surface area contributed by atoms with Crippen LogP contribution in [0, 0.1) is 33.8 Å². The van der Waals surface area contributed by atoms with Crippen LogP contribution in [-0.4, -0.2) is 27.0 Å². The van der Waals surface area contributed by atoms with Crippen molar-refractivity contribution in [1.29, 1.82) is 0 Å². The molecule has 2 bridgehead atoms. The third kappa shape index (κ3) is 1.94. The quantitative estimate of drug-likeness (QED) is 0.357. The lowest BCUT2D eigenvalue weighted by Gasteiger charge is -2.20. The standard InChI is InChI=1S/C20H16N2O6/c23-18-16-11-5-6-12(15(11)20(25)26)17(16)19(24)21(18)13-7-8-14(22(27)28)10-4-2-1-3-9(10)13/h1-4,7-8,11-12,16-17,25-26H,5-6H2. The Hall–Kier alpha value is -3.42. The lowest BCUT2D eigenvalue weighted by molar-refractivity contribution is -0.383. The second-order valence-electron chi connectivity index (χ2n) is 7.54. The predicted octanol–water partition coefficient (Wildman–Crippen LogP) is 3.22. The smallest absolute Gasteiger partial charge is 0.277 e. The number of hydrogen-bond donors (Lipinski definition) is 2. The fraction of sp³-hybridized carbons (Fsp3) is 0.300. The van der Waals surface area contributed by atoms with E-state index >= 15 is 0 Å². The summed E-state index contributed by atoms with van der Waals surface area (Å²) in [6.45, 7) is 0. The molecule has 0 spiro atoms. The van der Waals surface area contributed by atoms with Gasteiger partial charge in [-0.15, -0.1) is 0 Å². The molecule has 8 heteroatoms. The van der Waals surface area contributed by atoms with Crippen LogP contribution in [0.1, 0.15) is 12.8 Å². The fourth-order valence-corrected chi connectivity index (χ4v) is 5.44. The molecule has 4 unspecified atom stereocenters. The first-order valence-electron chi connectivity index (χ1n) is 9.07. The number of allylic oxidation sites excluding steroid dienone is 1. The highest BCUT2D eigenvalue weighted by Gasteiger charge is 2.64. The van der Waals surface area contributed by atoms with Gasteiger partial charge in [-0.1, -0.05) is 18.2 Å². The van der Waals surface area contributed by atoms with Crippen molar-refractivity contribution in [2.24, 2.45) is 23.7 Å². The molecule has 1 aliphatic heterocycles. The normalized spacial score (nSPS) is 28.3. The van der Waals surface area contributed by atoms with Gasteiger partial charge in [-0.05, 0) is 36.8 Å². The minimum atomic E-state index is -0.769. The third-order valence-corrected chi connectivity index (χ3v) is 6.43. The van der Waals surface area contributed by atoms with Gasteiger partial charge in [0.25, 0.3) is 11.6 Å². The largest absolute Gasteiger partial charge is 0.481 e. The van der Waals surface area contributed by atoms with Crippen LogP contribution in [0.25, 0.3) is 10.8 Å². The van der Waals surface area contributed by atoms with E-state index in [1.807, 2.05) is 0 Å². The minimum absolute atomic E-state index is 0.0888. The summed E-state index contributed by atoms with van der Waals surface area (Å²) in [5, 5.41) is 31.4. The minimum Gasteiger partial charge on any atom is -0.481 e. The summed E-state index contributed by atoms with van der Waals surface area (Å²) in [5.41, 5.74) is 0.669. The molecule has 1 saturated heterocycles. The Morgan fingerprint density at radius 3 is 2.07 bits per heavy atom. The van der Waals surface area contributed by atoms with E-state index in [1.165, 1.54) is 12.1 Å². The molecule has 3 fully saturated rings. The Balaban J connectivity index is 1.65. The molecule has 8 nitrogen and oxygen atoms in total. The molecule has 2 aromatic rings. The second kappa shape index (κ2) is 5.54. The number of imide groups is 1. The van der Waals surface area contributed by atoms with Gasteiger partial charge in [0.1, 0.15) is 0 Å². The molecule has 1 heterocycles. The zero-order chi connectivity index (χ0) is 19.7. The van der Waals surface area contributed by atoms with Gasteiger partial charge >= 0.3 is 0 Å². The van der Waals surface area contributed by atoms with Gasteiger partial charge in [0.05, 0.1) is 27.8 Å². The molecular weight excluding hydrogens is 364 g/mol. The number of benzene rings is 2. The number of nitrogens with zero attached hydrogens (tertiary/aromatic N) is 2. The molecule has 142 valence electrons. The number of anilines is 1. The van der Waals surface area contributed by atoms with E-state index < -0.39 is 22.7 Å². The summed E-state index contributed by atoms with van der Waals surface area (Å²) in [6, 6.07) is 9.38. The van der Waals surface area contributed by atoms with Gasteiger partial charge in [0.2, 0.25) is 11.8 Å². The molecular formula is C20H16N2O6. The zero-order valence-corrected chi connectivity index (χ0v) is 14.6. The molecule has 0 aromatic heterocycles. The second-order valence-corrected chi connectivity index (χ2v) is 7.54. The number of aliphatic hydroxyl groups is 2. The van der Waals surface area contributed by atoms with Crippen LogP contribution in [-0.2, 0) is 9.59 Å². The van der Waals surface area contributed by atoms with Crippen LogP contribution >= 0.6 is 0 Å². The molecule has 0 radical (unpaired) electrons. The number of fused-ring (bicyclic) bond motifs is 6. The average Bonchev–Trinajstić information content (AvgIpc) is 3.31. The van der Waals surface area contributed by atoms with E-state index in [0.29, 0.717) is 34.9 Å². The highest BCUT2D eigenvalue weighted by atomic mass is 16.6. The van der Waals surface area contributed by atoms with Crippen LogP contribution in [0.4, 0.5) is 11.4 Å². The Morgan fingerprint density at radius 1 is 0.964 bits per heavy atom. The van der Waals surface area contributed by atoms with Crippen molar-refractivity contribution in [3.63, 3.8) is 0 Å². The molecule has 28 heavy (non-hydrogen) atoms. The third-order valence-electron chi connectivity index (χ3n) is 6.43. The van der Waals surface area contributed by atoms with Crippen LogP contribution in [0.3, 0.4) is 0 Å². The maximum absolute atomic E-state index is 13.2. The molecule has 2 aliphatic carbocycles. The van der Waals surface area contributed by atoms with Crippen molar-refractivity contribution in [2.75, 3.05) is 4.90 Å². The van der Waals surface area contributed by atoms with E-state index in [0.717, 1.165) is 4.90 Å². The van der Waals surface area contributed by atoms with E-state index in [-0.39, 0.29) is 29.3 Å². The van der Waals surface area contributed by atoms with Crippen LogP contribution < -0.4 is 4.90 Å². The van der Waals surface area contributed by atoms with E-state index in [4.69, 9.17) is 0 Å². The highest BCUT2D eigenvalue weighted by molar-refractivity contribution is 6.26. The van der Waals surface area contributed by atoms with Crippen molar-refractivity contribution in [2.45, 2.75) is 12.8 Å². The summed E-state index contributed by atoms with van der Waals surface area (Å²) in [5.74, 6) is -3.42. The number of nitro benzene ring substituents is 1. The average molecular weight is 380 g/mol. The molecule has 3 aliphatic rings. The molecule has 2 amide bonds. The SMILES string of the molecule is O=C1C2C3CCC(C3=C(O)O)C2C(=O)N1c1ccc([N+](=O)[O-])c2ccccc12. The van der Waals surface area contributed by atoms with Gasteiger partial charge in [-0.2, -0.15) is 0 Å². The molecule has 2 saturated carbocycles. The van der Waals surface area contributed by atoms with Gasteiger partial charge in [0.15, 0.2) is 0 Å². The zero-order valence-electron chi connectivity index (χ0n) is 14.6. The number of carbonyl (C=O) groups excluding carboxylic acids is 2. The fourth-order valence-electron chi connectivity index (χ4n) is 5.44. The van der Waals surface area contributed by atoms with Crippen LogP contribution in [0.5, 0.6) is 0 Å². The van der Waals surface area contributed by atoms with Gasteiger partial charge in [-0.25, -0.2) is 4.90 Å². The number of aliphatic hydroxyl groups excluding tert-OH is 1. The first kappa shape index (κ1) is 16.7. The number of carbonyl (C=O) groups is 2. The van der Waals surface area contributed by atoms with Crippen molar-refractivity contribution >= 4 is 34.0 Å². The molecule has 4 atom stereocenters. The molecule has 2 N–H and O–H groups in total. The molecule has 5 rings (SSSR count). The number of non-ortho nitro benzene ring substituents is 1. The Morgan fingerprint density at radius 2 is 1.54 bits per heavy atom. The molecule has 2 aromatic carbocycles. The van der Waals surface area contributed by atoms with Crippen molar-refractivity contribution in [1.82, 2.24) is 0 Å². The summed E-state index contributed by atoms with van der Waals surface area (Å²) < 4.78 is 0. The van der Waals surface area contributed by atoms with E-state index in [9.17, 15) is 29.9 Å². The summed E-state index contributed by atoms with van der Waals surface area (Å²) in [6.07, 6.45) is 1.28. The van der Waals surface area contributed by atoms with Crippen molar-refractivity contribution < 1.29 is 24.7 Å². The number of nitro groups is 1. The number of amides is 2.